The topological polar surface area (TPSA) is 44.8 Å². The van der Waals surface area contributed by atoms with E-state index in [1.165, 1.54) is 6.07 Å². The molecule has 0 unspecified atom stereocenters. The lowest BCUT2D eigenvalue weighted by Crippen LogP contribution is -2.50. The highest BCUT2D eigenvalue weighted by Gasteiger charge is 2.21. The highest BCUT2D eigenvalue weighted by atomic mass is 19.1. The molecule has 0 aliphatic carbocycles. The first-order chi connectivity index (χ1) is 12.6. The molecule has 1 N–H and O–H groups in total. The molecule has 3 rings (SSSR count). The van der Waals surface area contributed by atoms with Gasteiger partial charge in [0.25, 0.3) is 0 Å². The van der Waals surface area contributed by atoms with Crippen molar-refractivity contribution in [2.24, 2.45) is 0 Å². The van der Waals surface area contributed by atoms with Crippen LogP contribution in [0.1, 0.15) is 5.56 Å². The molecule has 1 aliphatic heterocycles. The smallest absolute Gasteiger partial charge is 0.322 e. The number of amides is 2. The molecule has 1 fully saturated rings. The molecule has 138 valence electrons. The quantitative estimate of drug-likeness (QED) is 0.892. The molecule has 2 aromatic rings. The average molecular weight is 357 g/mol. The van der Waals surface area contributed by atoms with Gasteiger partial charge in [-0.05, 0) is 36.8 Å². The van der Waals surface area contributed by atoms with E-state index in [1.807, 2.05) is 37.3 Å². The molecule has 1 saturated heterocycles. The summed E-state index contributed by atoms with van der Waals surface area (Å²) in [5.41, 5.74) is 1.14. The Bertz CT molecular complexity index is 731. The van der Waals surface area contributed by atoms with E-state index in [-0.39, 0.29) is 11.7 Å². The Morgan fingerprint density at radius 3 is 2.58 bits per heavy atom. The molecule has 0 bridgehead atoms. The third-order valence-corrected chi connectivity index (χ3v) is 4.44. The second kappa shape index (κ2) is 8.67. The van der Waals surface area contributed by atoms with Crippen molar-refractivity contribution in [1.29, 1.82) is 0 Å². The number of halogens is 1. The number of rotatable bonds is 5. The van der Waals surface area contributed by atoms with Gasteiger partial charge in [-0.25, -0.2) is 9.18 Å². The van der Waals surface area contributed by atoms with Crippen molar-refractivity contribution >= 4 is 11.7 Å². The Morgan fingerprint density at radius 1 is 1.12 bits per heavy atom. The molecule has 0 atom stereocenters. The molecule has 0 spiro atoms. The number of carbonyl (C=O) groups excluding carboxylic acids is 1. The number of carbonyl (C=O) groups is 1. The Hall–Kier alpha value is -2.60. The number of aryl methyl sites for hydroxylation is 1. The second-order valence-corrected chi connectivity index (χ2v) is 6.40. The van der Waals surface area contributed by atoms with Crippen LogP contribution in [0.4, 0.5) is 14.9 Å². The predicted molar refractivity (Wildman–Crippen MR) is 100 cm³/mol. The zero-order chi connectivity index (χ0) is 18.4. The van der Waals surface area contributed by atoms with E-state index in [0.717, 1.165) is 30.9 Å². The van der Waals surface area contributed by atoms with Gasteiger partial charge in [-0.2, -0.15) is 0 Å². The largest absolute Gasteiger partial charge is 0.492 e. The van der Waals surface area contributed by atoms with E-state index < -0.39 is 5.82 Å². The van der Waals surface area contributed by atoms with Gasteiger partial charge >= 0.3 is 6.03 Å². The molecular weight excluding hydrogens is 333 g/mol. The summed E-state index contributed by atoms with van der Waals surface area (Å²) in [4.78, 5) is 16.3. The van der Waals surface area contributed by atoms with Crippen LogP contribution in [0.15, 0.2) is 48.5 Å². The molecule has 0 radical (unpaired) electrons. The van der Waals surface area contributed by atoms with E-state index in [0.29, 0.717) is 19.7 Å². The van der Waals surface area contributed by atoms with Gasteiger partial charge in [-0.15, -0.1) is 0 Å². The van der Waals surface area contributed by atoms with Crippen molar-refractivity contribution in [3.8, 4) is 5.75 Å². The van der Waals surface area contributed by atoms with Crippen LogP contribution in [-0.4, -0.2) is 55.2 Å². The summed E-state index contributed by atoms with van der Waals surface area (Å²) < 4.78 is 19.5. The third kappa shape index (κ3) is 4.95. The van der Waals surface area contributed by atoms with Crippen LogP contribution in [0, 0.1) is 12.7 Å². The first kappa shape index (κ1) is 18.2. The van der Waals surface area contributed by atoms with Crippen molar-refractivity contribution in [1.82, 2.24) is 9.80 Å². The van der Waals surface area contributed by atoms with Crippen LogP contribution in [0.25, 0.3) is 0 Å². The van der Waals surface area contributed by atoms with Crippen LogP contribution in [0.2, 0.25) is 0 Å². The summed E-state index contributed by atoms with van der Waals surface area (Å²) in [6, 6.07) is 14.2. The average Bonchev–Trinajstić information content (AvgIpc) is 2.66. The van der Waals surface area contributed by atoms with Crippen molar-refractivity contribution in [2.45, 2.75) is 6.92 Å². The zero-order valence-electron chi connectivity index (χ0n) is 15.0. The fourth-order valence-electron chi connectivity index (χ4n) is 2.91. The summed E-state index contributed by atoms with van der Waals surface area (Å²) in [6.45, 7) is 6.09. The molecule has 26 heavy (non-hydrogen) atoms. The SMILES string of the molecule is Cc1ccc(F)c(NC(=O)N2CCN(CCOc3ccccc3)CC2)c1. The van der Waals surface area contributed by atoms with Crippen LogP contribution < -0.4 is 10.1 Å². The zero-order valence-corrected chi connectivity index (χ0v) is 15.0. The lowest BCUT2D eigenvalue weighted by Gasteiger charge is -2.34. The molecule has 2 amide bonds. The molecule has 6 heteroatoms. The van der Waals surface area contributed by atoms with E-state index in [9.17, 15) is 9.18 Å². The lowest BCUT2D eigenvalue weighted by molar-refractivity contribution is 0.132. The van der Waals surface area contributed by atoms with Crippen LogP contribution >= 0.6 is 0 Å². The number of nitrogens with zero attached hydrogens (tertiary/aromatic N) is 2. The number of piperazine rings is 1. The predicted octanol–water partition coefficient (Wildman–Crippen LogP) is 3.36. The summed E-state index contributed by atoms with van der Waals surface area (Å²) in [5.74, 6) is 0.450. The number of hydrogen-bond acceptors (Lipinski definition) is 3. The van der Waals surface area contributed by atoms with Crippen molar-refractivity contribution in [2.75, 3.05) is 44.6 Å². The molecule has 0 saturated carbocycles. The molecular formula is C20H24FN3O2. The molecule has 2 aromatic carbocycles. The van der Waals surface area contributed by atoms with E-state index >= 15 is 0 Å². The maximum atomic E-state index is 13.8. The Kier molecular flexibility index (Phi) is 6.07. The Labute approximate surface area is 153 Å². The number of benzene rings is 2. The molecule has 1 aliphatic rings. The minimum Gasteiger partial charge on any atom is -0.492 e. The number of nitrogens with one attached hydrogen (secondary N) is 1. The number of hydrogen-bond donors (Lipinski definition) is 1. The Morgan fingerprint density at radius 2 is 1.85 bits per heavy atom. The van der Waals surface area contributed by atoms with Gasteiger partial charge in [0.05, 0.1) is 5.69 Å². The van der Waals surface area contributed by atoms with Crippen molar-refractivity contribution in [3.63, 3.8) is 0 Å². The van der Waals surface area contributed by atoms with Gasteiger partial charge in [0.2, 0.25) is 0 Å². The summed E-state index contributed by atoms with van der Waals surface area (Å²) in [6.07, 6.45) is 0. The monoisotopic (exact) mass is 357 g/mol. The fraction of sp³-hybridized carbons (Fsp3) is 0.350. The fourth-order valence-corrected chi connectivity index (χ4v) is 2.91. The first-order valence-electron chi connectivity index (χ1n) is 8.84. The lowest BCUT2D eigenvalue weighted by atomic mass is 10.2. The van der Waals surface area contributed by atoms with Crippen LogP contribution in [0.3, 0.4) is 0 Å². The van der Waals surface area contributed by atoms with Crippen molar-refractivity contribution < 1.29 is 13.9 Å². The van der Waals surface area contributed by atoms with Gasteiger partial charge in [0.1, 0.15) is 18.2 Å². The number of ether oxygens (including phenoxy) is 1. The molecule has 5 nitrogen and oxygen atoms in total. The highest BCUT2D eigenvalue weighted by Crippen LogP contribution is 2.16. The summed E-state index contributed by atoms with van der Waals surface area (Å²) in [7, 11) is 0. The van der Waals surface area contributed by atoms with Crippen LogP contribution in [0.5, 0.6) is 5.75 Å². The molecule has 1 heterocycles. The number of urea groups is 1. The maximum Gasteiger partial charge on any atom is 0.322 e. The van der Waals surface area contributed by atoms with Crippen molar-refractivity contribution in [3.05, 3.63) is 59.9 Å². The third-order valence-electron chi connectivity index (χ3n) is 4.44. The summed E-state index contributed by atoms with van der Waals surface area (Å²) >= 11 is 0. The standard InChI is InChI=1S/C20H24FN3O2/c1-16-7-8-18(21)19(15-16)22-20(25)24-11-9-23(10-12-24)13-14-26-17-5-3-2-4-6-17/h2-8,15H,9-14H2,1H3,(H,22,25). The number of para-hydroxylation sites is 1. The van der Waals surface area contributed by atoms with Gasteiger partial charge < -0.3 is 15.0 Å². The minimum atomic E-state index is -0.416. The first-order valence-corrected chi connectivity index (χ1v) is 8.84. The van der Waals surface area contributed by atoms with Gasteiger partial charge in [-0.3, -0.25) is 4.90 Å². The van der Waals surface area contributed by atoms with E-state index in [4.69, 9.17) is 4.74 Å². The maximum absolute atomic E-state index is 13.8. The normalized spacial score (nSPS) is 14.9. The van der Waals surface area contributed by atoms with E-state index in [2.05, 4.69) is 10.2 Å². The van der Waals surface area contributed by atoms with E-state index in [1.54, 1.807) is 17.0 Å². The summed E-state index contributed by atoms with van der Waals surface area (Å²) in [5, 5.41) is 2.67. The van der Waals surface area contributed by atoms with Gasteiger partial charge in [0.15, 0.2) is 0 Å². The Balaban J connectivity index is 1.41. The van der Waals surface area contributed by atoms with Gasteiger partial charge in [0, 0.05) is 32.7 Å². The minimum absolute atomic E-state index is 0.230. The second-order valence-electron chi connectivity index (χ2n) is 6.40. The van der Waals surface area contributed by atoms with Crippen LogP contribution in [-0.2, 0) is 0 Å². The molecule has 0 aromatic heterocycles. The van der Waals surface area contributed by atoms with Gasteiger partial charge in [-0.1, -0.05) is 24.3 Å². The number of anilines is 1. The highest BCUT2D eigenvalue weighted by molar-refractivity contribution is 5.89.